The molecule has 0 fully saturated rings. The van der Waals surface area contributed by atoms with E-state index in [-0.39, 0.29) is 22.5 Å². The van der Waals surface area contributed by atoms with Crippen LogP contribution >= 0.6 is 0 Å². The van der Waals surface area contributed by atoms with Crippen LogP contribution in [0.5, 0.6) is 5.75 Å². The third-order valence-corrected chi connectivity index (χ3v) is 5.07. The Kier molecular flexibility index (Phi) is 3.74. The van der Waals surface area contributed by atoms with Gasteiger partial charge in [-0.05, 0) is 54.1 Å². The molecule has 1 aromatic heterocycles. The predicted octanol–water partition coefficient (Wildman–Crippen LogP) is 4.39. The normalized spacial score (nSPS) is 15.7. The number of amides is 1. The molecule has 1 aliphatic rings. The number of phenolic OH excluding ortho intramolecular Hbond substituents is 1. The van der Waals surface area contributed by atoms with Gasteiger partial charge in [-0.3, -0.25) is 14.5 Å². The summed E-state index contributed by atoms with van der Waals surface area (Å²) in [4.78, 5) is 28.0. The van der Waals surface area contributed by atoms with Crippen molar-refractivity contribution in [1.29, 1.82) is 0 Å². The zero-order valence-electron chi connectivity index (χ0n) is 15.0. The van der Waals surface area contributed by atoms with Crippen LogP contribution in [0, 0.1) is 5.82 Å². The van der Waals surface area contributed by atoms with Crippen molar-refractivity contribution in [1.82, 2.24) is 0 Å². The Morgan fingerprint density at radius 3 is 2.45 bits per heavy atom. The van der Waals surface area contributed by atoms with E-state index in [4.69, 9.17) is 4.42 Å². The highest BCUT2D eigenvalue weighted by atomic mass is 19.1. The summed E-state index contributed by atoms with van der Waals surface area (Å²) >= 11 is 0. The van der Waals surface area contributed by atoms with Crippen LogP contribution in [0.25, 0.3) is 11.0 Å². The number of benzene rings is 3. The number of carbonyl (C=O) groups excluding carboxylic acids is 1. The number of anilines is 1. The molecular formula is C23H14FNO4. The van der Waals surface area contributed by atoms with E-state index in [1.165, 1.54) is 41.3 Å². The Hall–Kier alpha value is -3.93. The van der Waals surface area contributed by atoms with Crippen LogP contribution < -0.4 is 10.3 Å². The highest BCUT2D eigenvalue weighted by Gasteiger charge is 2.43. The summed E-state index contributed by atoms with van der Waals surface area (Å²) in [5.41, 5.74) is 1.17. The molecule has 1 atom stereocenters. The largest absolute Gasteiger partial charge is 0.508 e. The van der Waals surface area contributed by atoms with E-state index < -0.39 is 17.8 Å². The fourth-order valence-corrected chi connectivity index (χ4v) is 3.80. The van der Waals surface area contributed by atoms with Crippen molar-refractivity contribution in [2.45, 2.75) is 6.04 Å². The van der Waals surface area contributed by atoms with Crippen molar-refractivity contribution >= 4 is 22.6 Å². The van der Waals surface area contributed by atoms with Gasteiger partial charge < -0.3 is 9.52 Å². The maximum atomic E-state index is 13.5. The molecule has 3 aromatic carbocycles. The molecule has 5 rings (SSSR count). The molecule has 0 saturated heterocycles. The smallest absolute Gasteiger partial charge is 0.295 e. The van der Waals surface area contributed by atoms with Gasteiger partial charge in [-0.2, -0.15) is 0 Å². The number of para-hydroxylation sites is 1. The van der Waals surface area contributed by atoms with E-state index in [2.05, 4.69) is 0 Å². The number of halogens is 1. The third-order valence-electron chi connectivity index (χ3n) is 5.07. The van der Waals surface area contributed by atoms with Gasteiger partial charge in [0, 0.05) is 5.69 Å². The second-order valence-electron chi connectivity index (χ2n) is 6.82. The van der Waals surface area contributed by atoms with E-state index in [0.717, 1.165) is 0 Å². The minimum Gasteiger partial charge on any atom is -0.508 e. The lowest BCUT2D eigenvalue weighted by Crippen LogP contribution is -2.29. The molecule has 29 heavy (non-hydrogen) atoms. The molecule has 6 heteroatoms. The van der Waals surface area contributed by atoms with Gasteiger partial charge in [0.15, 0.2) is 5.43 Å². The van der Waals surface area contributed by atoms with Gasteiger partial charge in [-0.25, -0.2) is 4.39 Å². The Morgan fingerprint density at radius 1 is 0.931 bits per heavy atom. The first-order valence-corrected chi connectivity index (χ1v) is 8.98. The third kappa shape index (κ3) is 2.61. The minimum atomic E-state index is -0.809. The summed E-state index contributed by atoms with van der Waals surface area (Å²) in [6.45, 7) is 0. The fourth-order valence-electron chi connectivity index (χ4n) is 3.80. The molecule has 0 aliphatic carbocycles. The van der Waals surface area contributed by atoms with E-state index >= 15 is 0 Å². The SMILES string of the molecule is O=C1c2oc3ccccc3c(=O)c2C(c2cccc(O)c2)N1c1ccc(F)cc1. The van der Waals surface area contributed by atoms with Crippen molar-refractivity contribution in [3.05, 3.63) is 106 Å². The Bertz CT molecular complexity index is 1330. The molecule has 2 heterocycles. The summed E-state index contributed by atoms with van der Waals surface area (Å²) < 4.78 is 19.3. The highest BCUT2D eigenvalue weighted by Crippen LogP contribution is 2.41. The second-order valence-corrected chi connectivity index (χ2v) is 6.82. The van der Waals surface area contributed by atoms with Crippen LogP contribution in [-0.4, -0.2) is 11.0 Å². The Morgan fingerprint density at radius 2 is 1.69 bits per heavy atom. The molecule has 4 aromatic rings. The van der Waals surface area contributed by atoms with Gasteiger partial charge in [0.05, 0.1) is 17.0 Å². The van der Waals surface area contributed by atoms with E-state index in [1.807, 2.05) is 0 Å². The molecule has 1 N–H and O–H groups in total. The number of hydrogen-bond acceptors (Lipinski definition) is 4. The van der Waals surface area contributed by atoms with E-state index in [1.54, 1.807) is 36.4 Å². The fraction of sp³-hybridized carbons (Fsp3) is 0.0435. The molecule has 1 amide bonds. The van der Waals surface area contributed by atoms with Crippen LogP contribution in [0.1, 0.15) is 27.7 Å². The lowest BCUT2D eigenvalue weighted by atomic mass is 9.98. The molecule has 0 bridgehead atoms. The Labute approximate surface area is 164 Å². The monoisotopic (exact) mass is 387 g/mol. The lowest BCUT2D eigenvalue weighted by Gasteiger charge is -2.25. The molecule has 1 unspecified atom stereocenters. The van der Waals surface area contributed by atoms with Crippen LogP contribution in [-0.2, 0) is 0 Å². The van der Waals surface area contributed by atoms with Gasteiger partial charge in [-0.15, -0.1) is 0 Å². The topological polar surface area (TPSA) is 70.8 Å². The lowest BCUT2D eigenvalue weighted by molar-refractivity contribution is 0.0971. The van der Waals surface area contributed by atoms with Crippen LogP contribution in [0.15, 0.2) is 82.0 Å². The summed E-state index contributed by atoms with van der Waals surface area (Å²) in [5, 5.41) is 10.3. The summed E-state index contributed by atoms with van der Waals surface area (Å²) in [5.74, 6) is -0.978. The van der Waals surface area contributed by atoms with Gasteiger partial charge in [0.25, 0.3) is 5.91 Å². The molecule has 5 nitrogen and oxygen atoms in total. The van der Waals surface area contributed by atoms with E-state index in [0.29, 0.717) is 22.2 Å². The first kappa shape index (κ1) is 17.2. The number of aromatic hydroxyl groups is 1. The van der Waals surface area contributed by atoms with Gasteiger partial charge in [0.1, 0.15) is 17.1 Å². The quantitative estimate of drug-likeness (QED) is 0.554. The zero-order valence-corrected chi connectivity index (χ0v) is 15.0. The van der Waals surface area contributed by atoms with Gasteiger partial charge in [-0.1, -0.05) is 24.3 Å². The van der Waals surface area contributed by atoms with Crippen molar-refractivity contribution in [2.75, 3.05) is 4.90 Å². The van der Waals surface area contributed by atoms with Gasteiger partial charge in [0.2, 0.25) is 5.76 Å². The molecule has 142 valence electrons. The molecular weight excluding hydrogens is 373 g/mol. The maximum Gasteiger partial charge on any atom is 0.295 e. The number of fused-ring (bicyclic) bond motifs is 2. The number of phenols is 1. The Balaban J connectivity index is 1.82. The number of hydrogen-bond donors (Lipinski definition) is 1. The molecule has 0 spiro atoms. The van der Waals surface area contributed by atoms with Crippen LogP contribution in [0.2, 0.25) is 0 Å². The van der Waals surface area contributed by atoms with Gasteiger partial charge >= 0.3 is 0 Å². The van der Waals surface area contributed by atoms with Crippen molar-refractivity contribution in [2.24, 2.45) is 0 Å². The van der Waals surface area contributed by atoms with E-state index in [9.17, 15) is 19.1 Å². The first-order chi connectivity index (χ1) is 14.0. The number of rotatable bonds is 2. The second kappa shape index (κ2) is 6.31. The average Bonchev–Trinajstić information content (AvgIpc) is 3.02. The standard InChI is InChI=1S/C23H14FNO4/c24-14-8-10-15(11-9-14)25-20(13-4-3-5-16(26)12-13)19-21(27)17-6-1-2-7-18(17)29-22(19)23(25)28/h1-12,20,26H. The summed E-state index contributed by atoms with van der Waals surface area (Å²) in [6.07, 6.45) is 0. The summed E-state index contributed by atoms with van der Waals surface area (Å²) in [7, 11) is 0. The minimum absolute atomic E-state index is 0.00707. The predicted molar refractivity (Wildman–Crippen MR) is 106 cm³/mol. The average molecular weight is 387 g/mol. The van der Waals surface area contributed by atoms with Crippen molar-refractivity contribution in [3.8, 4) is 5.75 Å². The number of carbonyl (C=O) groups is 1. The molecule has 0 saturated carbocycles. The summed E-state index contributed by atoms with van der Waals surface area (Å²) in [6, 6.07) is 17.7. The first-order valence-electron chi connectivity index (χ1n) is 8.98. The highest BCUT2D eigenvalue weighted by molar-refractivity contribution is 6.10. The maximum absolute atomic E-state index is 13.5. The molecule has 0 radical (unpaired) electrons. The zero-order chi connectivity index (χ0) is 20.1. The molecule has 1 aliphatic heterocycles. The van der Waals surface area contributed by atoms with Crippen LogP contribution in [0.4, 0.5) is 10.1 Å². The van der Waals surface area contributed by atoms with Crippen molar-refractivity contribution < 1.29 is 18.7 Å². The van der Waals surface area contributed by atoms with Crippen LogP contribution in [0.3, 0.4) is 0 Å². The number of nitrogens with zero attached hydrogens (tertiary/aromatic N) is 1. The van der Waals surface area contributed by atoms with Crippen molar-refractivity contribution in [3.63, 3.8) is 0 Å².